The predicted molar refractivity (Wildman–Crippen MR) is 75.7 cm³/mol. The molecule has 19 heavy (non-hydrogen) atoms. The molecule has 1 amide bonds. The summed E-state index contributed by atoms with van der Waals surface area (Å²) in [5.41, 5.74) is 6.04. The van der Waals surface area contributed by atoms with Crippen LogP contribution in [0, 0.1) is 11.8 Å². The minimum atomic E-state index is 0.113. The van der Waals surface area contributed by atoms with E-state index in [1.54, 1.807) is 0 Å². The molecule has 0 aromatic heterocycles. The highest BCUT2D eigenvalue weighted by molar-refractivity contribution is 5.79. The lowest BCUT2D eigenvalue weighted by Gasteiger charge is -2.37. The zero-order valence-corrected chi connectivity index (χ0v) is 12.3. The lowest BCUT2D eigenvalue weighted by molar-refractivity contribution is -0.144. The van der Waals surface area contributed by atoms with Crippen LogP contribution in [0.5, 0.6) is 0 Å². The minimum Gasteiger partial charge on any atom is -0.375 e. The Balaban J connectivity index is 1.90. The first kappa shape index (κ1) is 14.8. The fourth-order valence-electron chi connectivity index (χ4n) is 3.38. The molecule has 110 valence electrons. The van der Waals surface area contributed by atoms with Crippen LogP contribution in [-0.4, -0.2) is 42.6 Å². The molecule has 1 aliphatic carbocycles. The van der Waals surface area contributed by atoms with E-state index in [1.807, 2.05) is 4.90 Å². The zero-order chi connectivity index (χ0) is 13.8. The number of amides is 1. The first-order chi connectivity index (χ1) is 9.11. The zero-order valence-electron chi connectivity index (χ0n) is 12.3. The van der Waals surface area contributed by atoms with Crippen molar-refractivity contribution in [2.24, 2.45) is 17.6 Å². The Morgan fingerprint density at radius 1 is 1.47 bits per heavy atom. The number of nitrogens with zero attached hydrogens (tertiary/aromatic N) is 1. The van der Waals surface area contributed by atoms with Crippen molar-refractivity contribution in [1.82, 2.24) is 4.90 Å². The van der Waals surface area contributed by atoms with Gasteiger partial charge in [-0.1, -0.05) is 20.3 Å². The van der Waals surface area contributed by atoms with Gasteiger partial charge in [0.25, 0.3) is 0 Å². The standard InChI is InChI=1S/C15H28N2O2/c1-3-14-10-17(7-8-19-14)15(18)11(2)12-5-4-6-13(16)9-12/h11-14H,3-10,16H2,1-2H3. The molecule has 0 bridgehead atoms. The van der Waals surface area contributed by atoms with E-state index in [0.29, 0.717) is 24.5 Å². The molecule has 1 saturated heterocycles. The molecule has 2 rings (SSSR count). The van der Waals surface area contributed by atoms with Gasteiger partial charge in [-0.15, -0.1) is 0 Å². The summed E-state index contributed by atoms with van der Waals surface area (Å²) in [5.74, 6) is 0.891. The van der Waals surface area contributed by atoms with Gasteiger partial charge in [-0.25, -0.2) is 0 Å². The molecule has 1 saturated carbocycles. The van der Waals surface area contributed by atoms with Crippen LogP contribution in [0.3, 0.4) is 0 Å². The van der Waals surface area contributed by atoms with Crippen LogP contribution in [-0.2, 0) is 9.53 Å². The molecule has 2 fully saturated rings. The van der Waals surface area contributed by atoms with Gasteiger partial charge in [0.05, 0.1) is 12.7 Å². The summed E-state index contributed by atoms with van der Waals surface area (Å²) >= 11 is 0. The average molecular weight is 268 g/mol. The maximum absolute atomic E-state index is 12.6. The number of morpholine rings is 1. The fraction of sp³-hybridized carbons (Fsp3) is 0.933. The Labute approximate surface area is 116 Å². The Kier molecular flexibility index (Phi) is 5.22. The SMILES string of the molecule is CCC1CN(C(=O)C(C)C2CCCC(N)C2)CCO1. The molecular formula is C15H28N2O2. The fourth-order valence-corrected chi connectivity index (χ4v) is 3.38. The van der Waals surface area contributed by atoms with Gasteiger partial charge in [0.15, 0.2) is 0 Å². The van der Waals surface area contributed by atoms with E-state index in [1.165, 1.54) is 6.42 Å². The number of ether oxygens (including phenoxy) is 1. The second kappa shape index (κ2) is 6.71. The molecule has 1 heterocycles. The van der Waals surface area contributed by atoms with Crippen molar-refractivity contribution in [3.8, 4) is 0 Å². The summed E-state index contributed by atoms with van der Waals surface area (Å²) in [6, 6.07) is 0.294. The second-order valence-electron chi connectivity index (χ2n) is 6.16. The van der Waals surface area contributed by atoms with Gasteiger partial charge in [0.1, 0.15) is 0 Å². The minimum absolute atomic E-state index is 0.113. The van der Waals surface area contributed by atoms with E-state index >= 15 is 0 Å². The van der Waals surface area contributed by atoms with Crippen molar-refractivity contribution in [2.75, 3.05) is 19.7 Å². The summed E-state index contributed by atoms with van der Waals surface area (Å²) in [5, 5.41) is 0. The van der Waals surface area contributed by atoms with Crippen LogP contribution in [0.15, 0.2) is 0 Å². The third kappa shape index (κ3) is 3.69. The van der Waals surface area contributed by atoms with Gasteiger partial charge in [0, 0.05) is 25.0 Å². The molecule has 2 N–H and O–H groups in total. The molecular weight excluding hydrogens is 240 g/mol. The first-order valence-electron chi connectivity index (χ1n) is 7.77. The number of carbonyl (C=O) groups is 1. The molecule has 0 radical (unpaired) electrons. The summed E-state index contributed by atoms with van der Waals surface area (Å²) in [6.45, 7) is 6.39. The van der Waals surface area contributed by atoms with Crippen LogP contribution in [0.25, 0.3) is 0 Å². The molecule has 4 unspecified atom stereocenters. The predicted octanol–water partition coefficient (Wildman–Crippen LogP) is 1.78. The molecule has 4 nitrogen and oxygen atoms in total. The van der Waals surface area contributed by atoms with E-state index in [2.05, 4.69) is 13.8 Å². The summed E-state index contributed by atoms with van der Waals surface area (Å²) in [7, 11) is 0. The Hall–Kier alpha value is -0.610. The summed E-state index contributed by atoms with van der Waals surface area (Å²) in [4.78, 5) is 14.6. The number of hydrogen-bond acceptors (Lipinski definition) is 3. The van der Waals surface area contributed by atoms with Gasteiger partial charge in [0.2, 0.25) is 5.91 Å². The van der Waals surface area contributed by atoms with E-state index < -0.39 is 0 Å². The lowest BCUT2D eigenvalue weighted by atomic mass is 9.78. The van der Waals surface area contributed by atoms with Crippen LogP contribution in [0.1, 0.15) is 46.0 Å². The monoisotopic (exact) mass is 268 g/mol. The number of rotatable bonds is 3. The van der Waals surface area contributed by atoms with Crippen molar-refractivity contribution in [3.05, 3.63) is 0 Å². The molecule has 2 aliphatic rings. The smallest absolute Gasteiger partial charge is 0.225 e. The molecule has 1 aliphatic heterocycles. The Morgan fingerprint density at radius 2 is 2.26 bits per heavy atom. The molecule has 0 aromatic carbocycles. The van der Waals surface area contributed by atoms with Crippen molar-refractivity contribution >= 4 is 5.91 Å². The van der Waals surface area contributed by atoms with Gasteiger partial charge in [-0.2, -0.15) is 0 Å². The lowest BCUT2D eigenvalue weighted by Crippen LogP contribution is -2.48. The van der Waals surface area contributed by atoms with Gasteiger partial charge in [-0.3, -0.25) is 4.79 Å². The largest absolute Gasteiger partial charge is 0.375 e. The maximum atomic E-state index is 12.6. The first-order valence-corrected chi connectivity index (χ1v) is 7.77. The van der Waals surface area contributed by atoms with E-state index in [9.17, 15) is 4.79 Å². The summed E-state index contributed by atoms with van der Waals surface area (Å²) in [6.07, 6.45) is 5.65. The highest BCUT2D eigenvalue weighted by Crippen LogP contribution is 2.30. The number of hydrogen-bond donors (Lipinski definition) is 1. The van der Waals surface area contributed by atoms with Gasteiger partial charge < -0.3 is 15.4 Å². The Bertz CT molecular complexity index is 309. The van der Waals surface area contributed by atoms with Gasteiger partial charge >= 0.3 is 0 Å². The molecule has 0 spiro atoms. The van der Waals surface area contributed by atoms with Crippen LogP contribution in [0.2, 0.25) is 0 Å². The highest BCUT2D eigenvalue weighted by atomic mass is 16.5. The maximum Gasteiger partial charge on any atom is 0.225 e. The molecule has 4 atom stereocenters. The topological polar surface area (TPSA) is 55.6 Å². The van der Waals surface area contributed by atoms with Crippen LogP contribution < -0.4 is 5.73 Å². The van der Waals surface area contributed by atoms with Crippen LogP contribution >= 0.6 is 0 Å². The normalized spacial score (nSPS) is 34.1. The van der Waals surface area contributed by atoms with Crippen molar-refractivity contribution in [3.63, 3.8) is 0 Å². The third-order valence-corrected chi connectivity index (χ3v) is 4.76. The number of carbonyl (C=O) groups excluding carboxylic acids is 1. The third-order valence-electron chi connectivity index (χ3n) is 4.76. The second-order valence-corrected chi connectivity index (χ2v) is 6.16. The molecule has 4 heteroatoms. The van der Waals surface area contributed by atoms with E-state index in [0.717, 1.165) is 38.8 Å². The summed E-state index contributed by atoms with van der Waals surface area (Å²) < 4.78 is 5.64. The average Bonchev–Trinajstić information content (AvgIpc) is 2.45. The number of nitrogens with two attached hydrogens (primary N) is 1. The molecule has 0 aromatic rings. The quantitative estimate of drug-likeness (QED) is 0.849. The van der Waals surface area contributed by atoms with Crippen molar-refractivity contribution in [1.29, 1.82) is 0 Å². The van der Waals surface area contributed by atoms with Crippen molar-refractivity contribution in [2.45, 2.75) is 58.1 Å². The Morgan fingerprint density at radius 3 is 2.95 bits per heavy atom. The highest BCUT2D eigenvalue weighted by Gasteiger charge is 2.33. The van der Waals surface area contributed by atoms with E-state index in [-0.39, 0.29) is 12.0 Å². The van der Waals surface area contributed by atoms with Crippen molar-refractivity contribution < 1.29 is 9.53 Å². The van der Waals surface area contributed by atoms with Gasteiger partial charge in [-0.05, 0) is 31.6 Å². The van der Waals surface area contributed by atoms with Crippen LogP contribution in [0.4, 0.5) is 0 Å². The van der Waals surface area contributed by atoms with E-state index in [4.69, 9.17) is 10.5 Å².